The second kappa shape index (κ2) is 4.95. The molecule has 0 saturated carbocycles. The Morgan fingerprint density at radius 3 is 2.83 bits per heavy atom. The van der Waals surface area contributed by atoms with Crippen molar-refractivity contribution in [1.29, 1.82) is 0 Å². The van der Waals surface area contributed by atoms with Gasteiger partial charge < -0.3 is 10.6 Å². The van der Waals surface area contributed by atoms with E-state index in [4.69, 9.17) is 0 Å². The number of amides is 1. The molecule has 2 rings (SSSR count). The van der Waals surface area contributed by atoms with Crippen molar-refractivity contribution in [2.24, 2.45) is 0 Å². The van der Waals surface area contributed by atoms with Crippen molar-refractivity contribution in [3.05, 3.63) is 24.3 Å². The standard InChI is InChI=1S/C11H15N3O3S/c1-12-6-7-18(16,17)14-8-11(15)13-9-4-2-3-5-10(9)14/h2-5,12H,6-8H2,1H3,(H,13,15). The molecule has 6 nitrogen and oxygen atoms in total. The van der Waals surface area contributed by atoms with Gasteiger partial charge in [-0.1, -0.05) is 12.1 Å². The van der Waals surface area contributed by atoms with Crippen molar-refractivity contribution >= 4 is 27.3 Å². The first-order valence-electron chi connectivity index (χ1n) is 5.58. The third kappa shape index (κ3) is 2.46. The Morgan fingerprint density at radius 1 is 1.39 bits per heavy atom. The van der Waals surface area contributed by atoms with Crippen LogP contribution in [0.25, 0.3) is 0 Å². The average Bonchev–Trinajstić information content (AvgIpc) is 2.35. The molecule has 0 aromatic heterocycles. The number of carbonyl (C=O) groups is 1. The molecule has 0 fully saturated rings. The zero-order valence-electron chi connectivity index (χ0n) is 10.0. The van der Waals surface area contributed by atoms with Gasteiger partial charge in [0.15, 0.2) is 0 Å². The SMILES string of the molecule is CNCCS(=O)(=O)N1CC(=O)Nc2ccccc21. The third-order valence-corrected chi connectivity index (χ3v) is 4.40. The molecule has 0 spiro atoms. The lowest BCUT2D eigenvalue weighted by Crippen LogP contribution is -2.44. The van der Waals surface area contributed by atoms with E-state index in [9.17, 15) is 13.2 Å². The van der Waals surface area contributed by atoms with Gasteiger partial charge in [-0.2, -0.15) is 0 Å². The van der Waals surface area contributed by atoms with E-state index >= 15 is 0 Å². The second-order valence-electron chi connectivity index (χ2n) is 3.99. The van der Waals surface area contributed by atoms with Crippen LogP contribution in [0.2, 0.25) is 0 Å². The summed E-state index contributed by atoms with van der Waals surface area (Å²) in [6.07, 6.45) is 0. The largest absolute Gasteiger partial charge is 0.323 e. The van der Waals surface area contributed by atoms with Crippen LogP contribution in [0.4, 0.5) is 11.4 Å². The minimum atomic E-state index is -3.48. The maximum absolute atomic E-state index is 12.2. The van der Waals surface area contributed by atoms with E-state index in [1.807, 2.05) is 0 Å². The summed E-state index contributed by atoms with van der Waals surface area (Å²) in [6.45, 7) is 0.186. The second-order valence-corrected chi connectivity index (χ2v) is 6.00. The molecule has 1 aromatic carbocycles. The van der Waals surface area contributed by atoms with Gasteiger partial charge in [-0.15, -0.1) is 0 Å². The predicted molar refractivity (Wildman–Crippen MR) is 70.1 cm³/mol. The van der Waals surface area contributed by atoms with Crippen LogP contribution in [-0.4, -0.2) is 40.2 Å². The summed E-state index contributed by atoms with van der Waals surface area (Å²) >= 11 is 0. The van der Waals surface area contributed by atoms with Crippen LogP contribution in [0, 0.1) is 0 Å². The molecule has 18 heavy (non-hydrogen) atoms. The van der Waals surface area contributed by atoms with Gasteiger partial charge in [-0.25, -0.2) is 8.42 Å². The van der Waals surface area contributed by atoms with Crippen LogP contribution >= 0.6 is 0 Å². The highest BCUT2D eigenvalue weighted by molar-refractivity contribution is 7.92. The van der Waals surface area contributed by atoms with E-state index in [-0.39, 0.29) is 18.2 Å². The lowest BCUT2D eigenvalue weighted by Gasteiger charge is -2.30. The third-order valence-electron chi connectivity index (χ3n) is 2.68. The van der Waals surface area contributed by atoms with Gasteiger partial charge >= 0.3 is 0 Å². The predicted octanol–water partition coefficient (Wildman–Crippen LogP) is -0.00570. The van der Waals surface area contributed by atoms with Crippen LogP contribution in [-0.2, 0) is 14.8 Å². The molecule has 0 radical (unpaired) electrons. The highest BCUT2D eigenvalue weighted by Crippen LogP contribution is 2.30. The molecule has 1 aliphatic rings. The smallest absolute Gasteiger partial charge is 0.245 e. The van der Waals surface area contributed by atoms with E-state index < -0.39 is 10.0 Å². The number of hydrogen-bond acceptors (Lipinski definition) is 4. The van der Waals surface area contributed by atoms with E-state index in [1.54, 1.807) is 31.3 Å². The van der Waals surface area contributed by atoms with Crippen molar-refractivity contribution in [2.75, 3.05) is 35.5 Å². The van der Waals surface area contributed by atoms with Gasteiger partial charge in [0.05, 0.1) is 17.1 Å². The van der Waals surface area contributed by atoms with Crippen molar-refractivity contribution in [3.63, 3.8) is 0 Å². The van der Waals surface area contributed by atoms with Gasteiger partial charge in [-0.3, -0.25) is 9.10 Å². The molecular weight excluding hydrogens is 254 g/mol. The summed E-state index contributed by atoms with van der Waals surface area (Å²) in [5.41, 5.74) is 1.05. The van der Waals surface area contributed by atoms with Crippen molar-refractivity contribution in [2.45, 2.75) is 0 Å². The molecule has 1 amide bonds. The van der Waals surface area contributed by atoms with E-state index in [1.165, 1.54) is 4.31 Å². The Balaban J connectivity index is 2.37. The number of fused-ring (bicyclic) bond motifs is 1. The molecule has 1 heterocycles. The summed E-state index contributed by atoms with van der Waals surface area (Å²) in [5, 5.41) is 5.45. The van der Waals surface area contributed by atoms with Gasteiger partial charge in [0.25, 0.3) is 0 Å². The molecule has 0 atom stereocenters. The molecule has 7 heteroatoms. The Hall–Kier alpha value is -1.60. The Morgan fingerprint density at radius 2 is 2.11 bits per heavy atom. The molecule has 0 aliphatic carbocycles. The lowest BCUT2D eigenvalue weighted by atomic mass is 10.2. The highest BCUT2D eigenvalue weighted by Gasteiger charge is 2.30. The number of nitrogens with one attached hydrogen (secondary N) is 2. The van der Waals surface area contributed by atoms with Gasteiger partial charge in [0.2, 0.25) is 15.9 Å². The molecular formula is C11H15N3O3S. The molecule has 2 N–H and O–H groups in total. The summed E-state index contributed by atoms with van der Waals surface area (Å²) in [5.74, 6) is -0.354. The summed E-state index contributed by atoms with van der Waals surface area (Å²) in [6, 6.07) is 6.87. The monoisotopic (exact) mass is 269 g/mol. The zero-order chi connectivity index (χ0) is 13.2. The first-order chi connectivity index (χ1) is 8.54. The summed E-state index contributed by atoms with van der Waals surface area (Å²) in [4.78, 5) is 11.5. The fraction of sp³-hybridized carbons (Fsp3) is 0.364. The average molecular weight is 269 g/mol. The normalized spacial score (nSPS) is 15.2. The highest BCUT2D eigenvalue weighted by atomic mass is 32.2. The van der Waals surface area contributed by atoms with Crippen molar-refractivity contribution in [3.8, 4) is 0 Å². The summed E-state index contributed by atoms with van der Waals surface area (Å²) in [7, 11) is -1.79. The number of hydrogen-bond donors (Lipinski definition) is 2. The number of anilines is 2. The quantitative estimate of drug-likeness (QED) is 0.806. The number of nitrogens with zero attached hydrogens (tertiary/aromatic N) is 1. The first kappa shape index (κ1) is 12.8. The topological polar surface area (TPSA) is 78.5 Å². The number of carbonyl (C=O) groups excluding carboxylic acids is 1. The fourth-order valence-electron chi connectivity index (χ4n) is 1.79. The van der Waals surface area contributed by atoms with E-state index in [0.29, 0.717) is 17.9 Å². The molecule has 0 saturated heterocycles. The Kier molecular flexibility index (Phi) is 3.53. The zero-order valence-corrected chi connectivity index (χ0v) is 10.8. The maximum atomic E-state index is 12.2. The Bertz CT molecular complexity index is 556. The van der Waals surface area contributed by atoms with E-state index in [0.717, 1.165) is 0 Å². The number of para-hydroxylation sites is 2. The lowest BCUT2D eigenvalue weighted by molar-refractivity contribution is -0.115. The molecule has 1 aromatic rings. The minimum Gasteiger partial charge on any atom is -0.323 e. The first-order valence-corrected chi connectivity index (χ1v) is 7.19. The fourth-order valence-corrected chi connectivity index (χ4v) is 3.25. The van der Waals surface area contributed by atoms with Crippen LogP contribution in [0.5, 0.6) is 0 Å². The van der Waals surface area contributed by atoms with Gasteiger partial charge in [-0.05, 0) is 19.2 Å². The molecule has 1 aliphatic heterocycles. The van der Waals surface area contributed by atoms with Gasteiger partial charge in [0, 0.05) is 6.54 Å². The number of rotatable bonds is 4. The van der Waals surface area contributed by atoms with Crippen LogP contribution in [0.3, 0.4) is 0 Å². The number of sulfonamides is 1. The molecule has 0 unspecified atom stereocenters. The van der Waals surface area contributed by atoms with Gasteiger partial charge in [0.1, 0.15) is 6.54 Å². The van der Waals surface area contributed by atoms with Crippen LogP contribution in [0.1, 0.15) is 0 Å². The van der Waals surface area contributed by atoms with Crippen LogP contribution < -0.4 is 14.9 Å². The van der Waals surface area contributed by atoms with E-state index in [2.05, 4.69) is 10.6 Å². The number of benzene rings is 1. The Labute approximate surface area is 106 Å². The molecule has 98 valence electrons. The molecule has 0 bridgehead atoms. The van der Waals surface area contributed by atoms with Crippen molar-refractivity contribution in [1.82, 2.24) is 5.32 Å². The maximum Gasteiger partial charge on any atom is 0.245 e. The summed E-state index contributed by atoms with van der Waals surface area (Å²) < 4.78 is 25.5. The minimum absolute atomic E-state index is 0.0366. The van der Waals surface area contributed by atoms with Crippen molar-refractivity contribution < 1.29 is 13.2 Å². The van der Waals surface area contributed by atoms with Crippen LogP contribution in [0.15, 0.2) is 24.3 Å².